The lowest BCUT2D eigenvalue weighted by atomic mass is 10.2. The molecule has 0 saturated carbocycles. The van der Waals surface area contributed by atoms with Gasteiger partial charge < -0.3 is 5.32 Å². The second-order valence-corrected chi connectivity index (χ2v) is 6.14. The van der Waals surface area contributed by atoms with E-state index in [2.05, 4.69) is 10.2 Å². The van der Waals surface area contributed by atoms with Crippen LogP contribution in [0.1, 0.15) is 21.9 Å². The van der Waals surface area contributed by atoms with Gasteiger partial charge in [0, 0.05) is 6.20 Å². The Balaban J connectivity index is 1.83. The fourth-order valence-corrected chi connectivity index (χ4v) is 2.54. The van der Waals surface area contributed by atoms with Crippen molar-refractivity contribution in [3.05, 3.63) is 63.5 Å². The molecule has 0 atom stereocenters. The summed E-state index contributed by atoms with van der Waals surface area (Å²) in [6.45, 7) is 3.51. The number of carbonyl (C=O) groups excluding carboxylic acids is 1. The molecule has 0 fully saturated rings. The molecule has 0 bridgehead atoms. The number of hydrogen-bond acceptors (Lipinski definition) is 3. The number of hydrogen-bond donors (Lipinski definition) is 1. The summed E-state index contributed by atoms with van der Waals surface area (Å²) < 4.78 is 69.6. The first kappa shape index (κ1) is 19.8. The quantitative estimate of drug-likeness (QED) is 0.397. The molecule has 0 radical (unpaired) electrons. The maximum atomic E-state index is 13.7. The largest absolute Gasteiger partial charge is 0.315 e. The predicted octanol–water partition coefficient (Wildman–Crippen LogP) is 3.80. The molecule has 148 valence electrons. The third-order valence-corrected chi connectivity index (χ3v) is 4.44. The summed E-state index contributed by atoms with van der Waals surface area (Å²) in [5.41, 5.74) is -0.518. The lowest BCUT2D eigenvalue weighted by Gasteiger charge is -2.09. The van der Waals surface area contributed by atoms with Gasteiger partial charge in [-0.2, -0.15) is 10.2 Å². The number of halogens is 6. The number of carbonyl (C=O) groups is 1. The highest BCUT2D eigenvalue weighted by Crippen LogP contribution is 2.27. The van der Waals surface area contributed by atoms with Gasteiger partial charge >= 0.3 is 0 Å². The van der Waals surface area contributed by atoms with Crippen molar-refractivity contribution in [2.24, 2.45) is 0 Å². The summed E-state index contributed by atoms with van der Waals surface area (Å²) in [6.07, 6.45) is 1.37. The van der Waals surface area contributed by atoms with Gasteiger partial charge in [0.1, 0.15) is 12.4 Å². The van der Waals surface area contributed by atoms with Crippen LogP contribution >= 0.6 is 11.6 Å². The van der Waals surface area contributed by atoms with Gasteiger partial charge in [0.2, 0.25) is 5.82 Å². The Hall–Kier alpha value is -2.95. The number of nitrogens with one attached hydrogen (secondary N) is 1. The summed E-state index contributed by atoms with van der Waals surface area (Å²) >= 11 is 6.04. The summed E-state index contributed by atoms with van der Waals surface area (Å²) in [7, 11) is 0. The molecule has 0 aliphatic rings. The molecule has 0 unspecified atom stereocenters. The highest BCUT2D eigenvalue weighted by molar-refractivity contribution is 6.31. The van der Waals surface area contributed by atoms with Crippen molar-refractivity contribution in [3.63, 3.8) is 0 Å². The maximum Gasteiger partial charge on any atom is 0.276 e. The van der Waals surface area contributed by atoms with Crippen molar-refractivity contribution in [3.8, 4) is 0 Å². The van der Waals surface area contributed by atoms with Crippen LogP contribution in [0.5, 0.6) is 0 Å². The van der Waals surface area contributed by atoms with Crippen molar-refractivity contribution < 1.29 is 26.7 Å². The van der Waals surface area contributed by atoms with Crippen molar-refractivity contribution in [2.75, 3.05) is 5.32 Å². The summed E-state index contributed by atoms with van der Waals surface area (Å²) in [5, 5.41) is 10.2. The predicted molar refractivity (Wildman–Crippen MR) is 88.5 cm³/mol. The van der Waals surface area contributed by atoms with Crippen LogP contribution in [0.4, 0.5) is 27.6 Å². The third-order valence-electron chi connectivity index (χ3n) is 3.89. The van der Waals surface area contributed by atoms with E-state index in [0.29, 0.717) is 16.4 Å². The molecule has 3 aromatic rings. The second kappa shape index (κ2) is 7.23. The molecule has 12 heteroatoms. The number of aromatic nitrogens is 4. The molecule has 1 aromatic carbocycles. The van der Waals surface area contributed by atoms with Crippen LogP contribution in [0, 0.1) is 42.9 Å². The lowest BCUT2D eigenvalue weighted by Crippen LogP contribution is -2.18. The Morgan fingerprint density at radius 3 is 2.14 bits per heavy atom. The van der Waals surface area contributed by atoms with Crippen LogP contribution < -0.4 is 5.32 Å². The molecule has 1 amide bonds. The maximum absolute atomic E-state index is 13.7. The number of amides is 1. The zero-order valence-electron chi connectivity index (χ0n) is 14.3. The number of benzene rings is 1. The number of aryl methyl sites for hydroxylation is 1. The average Bonchev–Trinajstić information content (AvgIpc) is 3.23. The van der Waals surface area contributed by atoms with Crippen molar-refractivity contribution in [1.29, 1.82) is 0 Å². The minimum atomic E-state index is -2.32. The standard InChI is InChI=1S/C16H11ClF5N5O/c1-6-9(17)7(2)27(24-6)5-26-4-3-8(25-26)16(28)23-15-13(21)11(19)10(18)12(20)14(15)22/h3-4H,5H2,1-2H3,(H,23,28). The normalized spacial score (nSPS) is 11.1. The van der Waals surface area contributed by atoms with Crippen LogP contribution in [-0.2, 0) is 6.67 Å². The molecule has 2 aromatic heterocycles. The molecule has 28 heavy (non-hydrogen) atoms. The van der Waals surface area contributed by atoms with E-state index in [-0.39, 0.29) is 12.4 Å². The van der Waals surface area contributed by atoms with E-state index in [1.54, 1.807) is 19.2 Å². The Kier molecular flexibility index (Phi) is 5.11. The van der Waals surface area contributed by atoms with Crippen LogP contribution in [0.15, 0.2) is 12.3 Å². The first-order chi connectivity index (χ1) is 13.1. The average molecular weight is 420 g/mol. The van der Waals surface area contributed by atoms with E-state index in [4.69, 9.17) is 11.6 Å². The second-order valence-electron chi connectivity index (χ2n) is 5.77. The molecule has 0 spiro atoms. The fourth-order valence-electron chi connectivity index (χ4n) is 2.40. The van der Waals surface area contributed by atoms with Gasteiger partial charge in [-0.1, -0.05) is 11.6 Å². The number of nitrogens with zero attached hydrogens (tertiary/aromatic N) is 4. The van der Waals surface area contributed by atoms with E-state index < -0.39 is 40.7 Å². The van der Waals surface area contributed by atoms with Crippen LogP contribution in [0.3, 0.4) is 0 Å². The topological polar surface area (TPSA) is 64.7 Å². The molecule has 0 aliphatic heterocycles. The highest BCUT2D eigenvalue weighted by Gasteiger charge is 2.27. The smallest absolute Gasteiger partial charge is 0.276 e. The van der Waals surface area contributed by atoms with Crippen LogP contribution in [-0.4, -0.2) is 25.5 Å². The summed E-state index contributed by atoms with van der Waals surface area (Å²) in [4.78, 5) is 12.1. The monoisotopic (exact) mass is 419 g/mol. The molecule has 0 aliphatic carbocycles. The van der Waals surface area contributed by atoms with E-state index in [1.165, 1.54) is 21.6 Å². The van der Waals surface area contributed by atoms with Gasteiger partial charge in [0.25, 0.3) is 5.91 Å². The van der Waals surface area contributed by atoms with E-state index in [9.17, 15) is 26.7 Å². The van der Waals surface area contributed by atoms with Gasteiger partial charge in [0.05, 0.1) is 16.4 Å². The van der Waals surface area contributed by atoms with Gasteiger partial charge in [0.15, 0.2) is 29.0 Å². The van der Waals surface area contributed by atoms with E-state index >= 15 is 0 Å². The lowest BCUT2D eigenvalue weighted by molar-refractivity contribution is 0.102. The van der Waals surface area contributed by atoms with Gasteiger partial charge in [-0.25, -0.2) is 26.6 Å². The van der Waals surface area contributed by atoms with Crippen molar-refractivity contribution in [2.45, 2.75) is 20.5 Å². The molecule has 6 nitrogen and oxygen atoms in total. The fraction of sp³-hybridized carbons (Fsp3) is 0.188. The van der Waals surface area contributed by atoms with Gasteiger partial charge in [-0.05, 0) is 19.9 Å². The molecule has 1 N–H and O–H groups in total. The van der Waals surface area contributed by atoms with E-state index in [0.717, 1.165) is 0 Å². The first-order valence-electron chi connectivity index (χ1n) is 7.67. The van der Waals surface area contributed by atoms with Crippen LogP contribution in [0.2, 0.25) is 5.02 Å². The summed E-state index contributed by atoms with van der Waals surface area (Å²) in [6, 6.07) is 1.20. The highest BCUT2D eigenvalue weighted by atomic mass is 35.5. The molecule has 2 heterocycles. The Morgan fingerprint density at radius 2 is 1.61 bits per heavy atom. The summed E-state index contributed by atoms with van der Waals surface area (Å²) in [5.74, 6) is -12.1. The van der Waals surface area contributed by atoms with Crippen molar-refractivity contribution in [1.82, 2.24) is 19.6 Å². The number of rotatable bonds is 4. The molecular weight excluding hydrogens is 409 g/mol. The Bertz CT molecular complexity index is 1060. The molecule has 3 rings (SSSR count). The third kappa shape index (κ3) is 3.33. The molecular formula is C16H11ClF5N5O. The minimum absolute atomic E-state index is 0.0786. The van der Waals surface area contributed by atoms with Crippen molar-refractivity contribution >= 4 is 23.2 Å². The van der Waals surface area contributed by atoms with Crippen LogP contribution in [0.25, 0.3) is 0 Å². The SMILES string of the molecule is Cc1nn(Cn2ccc(C(=O)Nc3c(F)c(F)c(F)c(F)c3F)n2)c(C)c1Cl. The Morgan fingerprint density at radius 1 is 1.04 bits per heavy atom. The first-order valence-corrected chi connectivity index (χ1v) is 8.05. The molecule has 0 saturated heterocycles. The van der Waals surface area contributed by atoms with Gasteiger partial charge in [-0.3, -0.25) is 9.48 Å². The van der Waals surface area contributed by atoms with Gasteiger partial charge in [-0.15, -0.1) is 0 Å². The number of anilines is 1. The zero-order chi connectivity index (χ0) is 20.7. The minimum Gasteiger partial charge on any atom is -0.315 e. The zero-order valence-corrected chi connectivity index (χ0v) is 15.1. The van der Waals surface area contributed by atoms with E-state index in [1.807, 2.05) is 0 Å². The Labute approximate surface area is 159 Å².